The quantitative estimate of drug-likeness (QED) is 0.782. The predicted octanol–water partition coefficient (Wildman–Crippen LogP) is 3.95. The Morgan fingerprint density at radius 1 is 1.26 bits per heavy atom. The van der Waals surface area contributed by atoms with Gasteiger partial charge in [0.25, 0.3) is 0 Å². The number of alkyl halides is 1. The monoisotopic (exact) mass is 298 g/mol. The van der Waals surface area contributed by atoms with Crippen molar-refractivity contribution in [3.63, 3.8) is 0 Å². The van der Waals surface area contributed by atoms with Gasteiger partial charge >= 0.3 is 0 Å². The minimum atomic E-state index is 0.405. The highest BCUT2D eigenvalue weighted by atomic mass is 35.5. The number of hydrogen-bond donors (Lipinski definition) is 0. The Morgan fingerprint density at radius 2 is 1.95 bits per heavy atom. The lowest BCUT2D eigenvalue weighted by molar-refractivity contribution is 0.295. The zero-order valence-corrected chi connectivity index (χ0v) is 12.5. The number of halogens is 2. The molecule has 2 rings (SSSR count). The molecule has 3 nitrogen and oxygen atoms in total. The Labute approximate surface area is 123 Å². The Hall–Kier alpha value is -1.19. The number of nitrogens with zero attached hydrogens (tertiary/aromatic N) is 2. The Balaban J connectivity index is 2.07. The van der Waals surface area contributed by atoms with Gasteiger partial charge in [0.05, 0.1) is 16.4 Å². The fraction of sp³-hybridized carbons (Fsp3) is 0.357. The van der Waals surface area contributed by atoms with Crippen LogP contribution in [0.1, 0.15) is 23.9 Å². The van der Waals surface area contributed by atoms with Gasteiger partial charge in [0.2, 0.25) is 0 Å². The first-order valence-corrected chi connectivity index (χ1v) is 7.05. The maximum Gasteiger partial charge on any atom is 0.131 e. The average molecular weight is 299 g/mol. The molecule has 0 atom stereocenters. The molecule has 19 heavy (non-hydrogen) atoms. The van der Waals surface area contributed by atoms with E-state index in [1.54, 1.807) is 4.68 Å². The molecular formula is C14H16Cl2N2O. The minimum absolute atomic E-state index is 0.405. The van der Waals surface area contributed by atoms with E-state index in [1.807, 2.05) is 38.2 Å². The standard InChI is InChI=1S/C14H16Cl2N2O/c1-3-12-14(16)13(18(2)17-12)9-19-11-6-4-10(8-15)5-7-11/h4-7H,3,8-9H2,1-2H3. The van der Waals surface area contributed by atoms with Crippen LogP contribution in [0.15, 0.2) is 24.3 Å². The van der Waals surface area contributed by atoms with Gasteiger partial charge in [0, 0.05) is 12.9 Å². The van der Waals surface area contributed by atoms with Crippen LogP contribution in [0.2, 0.25) is 5.02 Å². The van der Waals surface area contributed by atoms with E-state index in [4.69, 9.17) is 27.9 Å². The van der Waals surface area contributed by atoms with Crippen molar-refractivity contribution in [3.05, 3.63) is 46.2 Å². The van der Waals surface area contributed by atoms with E-state index in [0.717, 1.165) is 29.1 Å². The van der Waals surface area contributed by atoms with Crippen molar-refractivity contribution >= 4 is 23.2 Å². The molecule has 1 aromatic heterocycles. The highest BCUT2D eigenvalue weighted by Gasteiger charge is 2.13. The van der Waals surface area contributed by atoms with Gasteiger partial charge in [-0.05, 0) is 24.1 Å². The molecule has 0 saturated heterocycles. The highest BCUT2D eigenvalue weighted by molar-refractivity contribution is 6.31. The summed E-state index contributed by atoms with van der Waals surface area (Å²) >= 11 is 12.0. The van der Waals surface area contributed by atoms with Gasteiger partial charge in [0.15, 0.2) is 0 Å². The summed E-state index contributed by atoms with van der Waals surface area (Å²) < 4.78 is 7.49. The van der Waals surface area contributed by atoms with Gasteiger partial charge in [-0.15, -0.1) is 11.6 Å². The summed E-state index contributed by atoms with van der Waals surface area (Å²) in [7, 11) is 1.88. The van der Waals surface area contributed by atoms with Crippen molar-refractivity contribution in [2.24, 2.45) is 7.05 Å². The van der Waals surface area contributed by atoms with E-state index in [1.165, 1.54) is 0 Å². The average Bonchev–Trinajstić information content (AvgIpc) is 2.72. The van der Waals surface area contributed by atoms with Crippen LogP contribution in [0.25, 0.3) is 0 Å². The molecule has 102 valence electrons. The zero-order chi connectivity index (χ0) is 13.8. The fourth-order valence-corrected chi connectivity index (χ4v) is 2.33. The molecule has 0 spiro atoms. The molecule has 0 amide bonds. The number of aryl methyl sites for hydroxylation is 2. The van der Waals surface area contributed by atoms with Crippen LogP contribution in [0.3, 0.4) is 0 Å². The molecular weight excluding hydrogens is 283 g/mol. The van der Waals surface area contributed by atoms with Crippen LogP contribution in [0.4, 0.5) is 0 Å². The summed E-state index contributed by atoms with van der Waals surface area (Å²) in [5.74, 6) is 1.30. The van der Waals surface area contributed by atoms with Crippen molar-refractivity contribution in [2.75, 3.05) is 0 Å². The maximum absolute atomic E-state index is 6.26. The van der Waals surface area contributed by atoms with Gasteiger partial charge in [-0.3, -0.25) is 4.68 Å². The smallest absolute Gasteiger partial charge is 0.131 e. The Morgan fingerprint density at radius 3 is 2.47 bits per heavy atom. The third-order valence-electron chi connectivity index (χ3n) is 2.96. The summed E-state index contributed by atoms with van der Waals surface area (Å²) in [5.41, 5.74) is 2.86. The van der Waals surface area contributed by atoms with Crippen LogP contribution in [-0.2, 0) is 26.0 Å². The van der Waals surface area contributed by atoms with Crippen molar-refractivity contribution in [3.8, 4) is 5.75 Å². The number of ether oxygens (including phenoxy) is 1. The molecule has 1 aromatic carbocycles. The Bertz CT molecular complexity index is 549. The van der Waals surface area contributed by atoms with E-state index in [2.05, 4.69) is 5.10 Å². The first-order valence-electron chi connectivity index (χ1n) is 6.13. The van der Waals surface area contributed by atoms with E-state index in [-0.39, 0.29) is 0 Å². The maximum atomic E-state index is 6.26. The van der Waals surface area contributed by atoms with Crippen LogP contribution >= 0.6 is 23.2 Å². The van der Waals surface area contributed by atoms with Gasteiger partial charge in [-0.25, -0.2) is 0 Å². The first-order chi connectivity index (χ1) is 9.15. The molecule has 0 aliphatic carbocycles. The SMILES string of the molecule is CCc1nn(C)c(COc2ccc(CCl)cc2)c1Cl. The largest absolute Gasteiger partial charge is 0.487 e. The summed E-state index contributed by atoms with van der Waals surface area (Å²) in [5, 5.41) is 5.05. The number of aromatic nitrogens is 2. The second-order valence-corrected chi connectivity index (χ2v) is 4.90. The molecule has 2 aromatic rings. The third-order valence-corrected chi connectivity index (χ3v) is 3.70. The summed E-state index contributed by atoms with van der Waals surface area (Å²) in [6, 6.07) is 7.71. The van der Waals surface area contributed by atoms with Gasteiger partial charge in [0.1, 0.15) is 12.4 Å². The zero-order valence-electron chi connectivity index (χ0n) is 11.0. The van der Waals surface area contributed by atoms with Crippen LogP contribution < -0.4 is 4.74 Å². The normalized spacial score (nSPS) is 10.7. The molecule has 0 radical (unpaired) electrons. The van der Waals surface area contributed by atoms with E-state index >= 15 is 0 Å². The van der Waals surface area contributed by atoms with E-state index < -0.39 is 0 Å². The molecule has 0 bridgehead atoms. The van der Waals surface area contributed by atoms with Crippen LogP contribution in [0.5, 0.6) is 5.75 Å². The molecule has 0 aliphatic rings. The predicted molar refractivity (Wildman–Crippen MR) is 77.9 cm³/mol. The van der Waals surface area contributed by atoms with E-state index in [0.29, 0.717) is 17.5 Å². The lowest BCUT2D eigenvalue weighted by Gasteiger charge is -2.07. The molecule has 0 saturated carbocycles. The number of rotatable bonds is 5. The Kier molecular flexibility index (Phi) is 4.72. The molecule has 0 unspecified atom stereocenters. The molecule has 0 N–H and O–H groups in total. The van der Waals surface area contributed by atoms with Gasteiger partial charge in [-0.2, -0.15) is 5.10 Å². The molecule has 5 heteroatoms. The summed E-state index contributed by atoms with van der Waals surface area (Å²) in [6.07, 6.45) is 0.817. The molecule has 0 fully saturated rings. The fourth-order valence-electron chi connectivity index (χ4n) is 1.80. The van der Waals surface area contributed by atoms with E-state index in [9.17, 15) is 0 Å². The third kappa shape index (κ3) is 3.23. The lowest BCUT2D eigenvalue weighted by Crippen LogP contribution is -2.03. The van der Waals surface area contributed by atoms with Crippen molar-refractivity contribution in [1.29, 1.82) is 0 Å². The van der Waals surface area contributed by atoms with Crippen molar-refractivity contribution in [1.82, 2.24) is 9.78 Å². The van der Waals surface area contributed by atoms with Crippen LogP contribution in [-0.4, -0.2) is 9.78 Å². The van der Waals surface area contributed by atoms with Crippen molar-refractivity contribution in [2.45, 2.75) is 25.8 Å². The number of benzene rings is 1. The second kappa shape index (κ2) is 6.31. The van der Waals surface area contributed by atoms with Crippen molar-refractivity contribution < 1.29 is 4.74 Å². The summed E-state index contributed by atoms with van der Waals surface area (Å²) in [6.45, 7) is 2.44. The minimum Gasteiger partial charge on any atom is -0.487 e. The highest BCUT2D eigenvalue weighted by Crippen LogP contribution is 2.23. The van der Waals surface area contributed by atoms with Gasteiger partial charge in [-0.1, -0.05) is 30.7 Å². The van der Waals surface area contributed by atoms with Gasteiger partial charge < -0.3 is 4.74 Å². The first kappa shape index (κ1) is 14.2. The van der Waals surface area contributed by atoms with Crippen LogP contribution in [0, 0.1) is 0 Å². The lowest BCUT2D eigenvalue weighted by atomic mass is 10.2. The number of hydrogen-bond acceptors (Lipinski definition) is 2. The molecule has 0 aliphatic heterocycles. The topological polar surface area (TPSA) is 27.1 Å². The second-order valence-electron chi connectivity index (χ2n) is 4.25. The summed E-state index contributed by atoms with van der Waals surface area (Å²) in [4.78, 5) is 0. The molecule has 1 heterocycles.